The number of thiophene rings is 1. The molecule has 0 saturated carbocycles. The van der Waals surface area contributed by atoms with Crippen LogP contribution in [0.4, 0.5) is 0 Å². The molecule has 0 spiro atoms. The smallest absolute Gasteiger partial charge is 0.0931 e. The number of halogens is 1. The highest BCUT2D eigenvalue weighted by molar-refractivity contribution is 7.16. The fourth-order valence-electron chi connectivity index (χ4n) is 3.02. The van der Waals surface area contributed by atoms with E-state index in [1.54, 1.807) is 11.3 Å². The highest BCUT2D eigenvalue weighted by Gasteiger charge is 2.36. The molecule has 2 nitrogen and oxygen atoms in total. The van der Waals surface area contributed by atoms with Crippen molar-refractivity contribution in [2.45, 2.75) is 57.5 Å². The largest absolute Gasteiger partial charge is 0.326 e. The second kappa shape index (κ2) is 6.57. The van der Waals surface area contributed by atoms with Crippen LogP contribution >= 0.6 is 22.9 Å². The third kappa shape index (κ3) is 3.52. The number of hydrogen-bond donors (Lipinski definition) is 1. The van der Waals surface area contributed by atoms with Crippen LogP contribution in [0.15, 0.2) is 12.1 Å². The third-order valence-electron chi connectivity index (χ3n) is 4.64. The van der Waals surface area contributed by atoms with E-state index in [4.69, 9.17) is 17.3 Å². The molecule has 0 aliphatic carbocycles. The minimum absolute atomic E-state index is 0.108. The Labute approximate surface area is 125 Å². The Morgan fingerprint density at radius 1 is 1.37 bits per heavy atom. The predicted molar refractivity (Wildman–Crippen MR) is 85.1 cm³/mol. The van der Waals surface area contributed by atoms with Gasteiger partial charge in [0, 0.05) is 16.5 Å². The summed E-state index contributed by atoms with van der Waals surface area (Å²) in [5.74, 6) is 0. The normalized spacial score (nSPS) is 22.1. The SMILES string of the molecule is CCC(C)(C(N)Cc1ccc(Cl)s1)N1CCCCC1. The summed E-state index contributed by atoms with van der Waals surface area (Å²) in [5, 5.41) is 0. The summed E-state index contributed by atoms with van der Waals surface area (Å²) >= 11 is 7.66. The molecular weight excluding hydrogens is 276 g/mol. The van der Waals surface area contributed by atoms with Crippen LogP contribution in [0.1, 0.15) is 44.4 Å². The molecule has 0 radical (unpaired) electrons. The topological polar surface area (TPSA) is 29.3 Å². The third-order valence-corrected chi connectivity index (χ3v) is 5.90. The molecular formula is C15H25ClN2S. The van der Waals surface area contributed by atoms with Crippen LogP contribution in [0.25, 0.3) is 0 Å². The molecule has 2 unspecified atom stereocenters. The van der Waals surface area contributed by atoms with Gasteiger partial charge in [0.1, 0.15) is 0 Å². The molecule has 0 aromatic carbocycles. The van der Waals surface area contributed by atoms with E-state index in [9.17, 15) is 0 Å². The van der Waals surface area contributed by atoms with Crippen LogP contribution in [-0.4, -0.2) is 29.6 Å². The van der Waals surface area contributed by atoms with E-state index in [1.807, 2.05) is 6.07 Å². The summed E-state index contributed by atoms with van der Waals surface area (Å²) in [4.78, 5) is 3.91. The number of nitrogens with zero attached hydrogens (tertiary/aromatic N) is 1. The van der Waals surface area contributed by atoms with Gasteiger partial charge in [0.25, 0.3) is 0 Å². The second-order valence-corrected chi connectivity index (χ2v) is 7.57. The van der Waals surface area contributed by atoms with Crippen molar-refractivity contribution in [2.75, 3.05) is 13.1 Å². The Morgan fingerprint density at radius 3 is 2.58 bits per heavy atom. The molecule has 1 aliphatic rings. The quantitative estimate of drug-likeness (QED) is 0.893. The van der Waals surface area contributed by atoms with E-state index < -0.39 is 0 Å². The number of hydrogen-bond acceptors (Lipinski definition) is 3. The average molecular weight is 301 g/mol. The molecule has 0 bridgehead atoms. The maximum atomic E-state index is 6.56. The Hall–Kier alpha value is -0.0900. The summed E-state index contributed by atoms with van der Waals surface area (Å²) in [6.45, 7) is 6.99. The molecule has 2 N–H and O–H groups in total. The van der Waals surface area contributed by atoms with Crippen LogP contribution in [0.3, 0.4) is 0 Å². The van der Waals surface area contributed by atoms with Gasteiger partial charge in [0.15, 0.2) is 0 Å². The number of likely N-dealkylation sites (tertiary alicyclic amines) is 1. The fourth-order valence-corrected chi connectivity index (χ4v) is 4.17. The van der Waals surface area contributed by atoms with Crippen molar-refractivity contribution in [3.8, 4) is 0 Å². The lowest BCUT2D eigenvalue weighted by Gasteiger charge is -2.46. The summed E-state index contributed by atoms with van der Waals surface area (Å²) in [6.07, 6.45) is 6.03. The lowest BCUT2D eigenvalue weighted by molar-refractivity contribution is 0.0548. The van der Waals surface area contributed by atoms with Crippen molar-refractivity contribution in [3.63, 3.8) is 0 Å². The average Bonchev–Trinajstić information content (AvgIpc) is 2.84. The van der Waals surface area contributed by atoms with Crippen LogP contribution in [0, 0.1) is 0 Å². The number of piperidine rings is 1. The van der Waals surface area contributed by atoms with Gasteiger partial charge >= 0.3 is 0 Å². The van der Waals surface area contributed by atoms with Crippen LogP contribution in [0.5, 0.6) is 0 Å². The minimum Gasteiger partial charge on any atom is -0.326 e. The summed E-state index contributed by atoms with van der Waals surface area (Å²) in [6, 6.07) is 4.25. The van der Waals surface area contributed by atoms with E-state index >= 15 is 0 Å². The van der Waals surface area contributed by atoms with Crippen molar-refractivity contribution in [1.29, 1.82) is 0 Å². The molecule has 19 heavy (non-hydrogen) atoms. The first-order valence-electron chi connectivity index (χ1n) is 7.31. The maximum Gasteiger partial charge on any atom is 0.0931 e. The van der Waals surface area contributed by atoms with Gasteiger partial charge in [-0.25, -0.2) is 0 Å². The minimum atomic E-state index is 0.108. The molecule has 0 amide bonds. The molecule has 1 aromatic rings. The Bertz CT molecular complexity index is 401. The maximum absolute atomic E-state index is 6.56. The van der Waals surface area contributed by atoms with E-state index in [-0.39, 0.29) is 11.6 Å². The molecule has 108 valence electrons. The Kier molecular flexibility index (Phi) is 5.29. The van der Waals surface area contributed by atoms with Gasteiger partial charge in [-0.2, -0.15) is 0 Å². The van der Waals surface area contributed by atoms with Crippen molar-refractivity contribution in [2.24, 2.45) is 5.73 Å². The molecule has 1 saturated heterocycles. The van der Waals surface area contributed by atoms with Crippen molar-refractivity contribution < 1.29 is 0 Å². The van der Waals surface area contributed by atoms with Crippen LogP contribution in [0.2, 0.25) is 4.34 Å². The van der Waals surface area contributed by atoms with Crippen molar-refractivity contribution in [3.05, 3.63) is 21.3 Å². The van der Waals surface area contributed by atoms with Gasteiger partial charge in [-0.3, -0.25) is 4.90 Å². The van der Waals surface area contributed by atoms with E-state index in [1.165, 1.54) is 37.2 Å². The summed E-state index contributed by atoms with van der Waals surface area (Å²) in [5.41, 5.74) is 6.66. The van der Waals surface area contributed by atoms with Gasteiger partial charge in [-0.1, -0.05) is 24.9 Å². The van der Waals surface area contributed by atoms with Gasteiger partial charge < -0.3 is 5.73 Å². The second-order valence-electron chi connectivity index (χ2n) is 5.77. The zero-order valence-corrected chi connectivity index (χ0v) is 13.6. The molecule has 1 aromatic heterocycles. The van der Waals surface area contributed by atoms with Gasteiger partial charge in [0.2, 0.25) is 0 Å². The first-order chi connectivity index (χ1) is 9.06. The lowest BCUT2D eigenvalue weighted by Crippen LogP contribution is -2.59. The fraction of sp³-hybridized carbons (Fsp3) is 0.733. The zero-order chi connectivity index (χ0) is 13.9. The molecule has 2 atom stereocenters. The highest BCUT2D eigenvalue weighted by Crippen LogP contribution is 2.30. The highest BCUT2D eigenvalue weighted by atomic mass is 35.5. The van der Waals surface area contributed by atoms with Gasteiger partial charge in [0.05, 0.1) is 4.34 Å². The molecule has 2 heterocycles. The number of nitrogens with two attached hydrogens (primary N) is 1. The van der Waals surface area contributed by atoms with Crippen LogP contribution < -0.4 is 5.73 Å². The number of rotatable bonds is 5. The summed E-state index contributed by atoms with van der Waals surface area (Å²) < 4.78 is 0.860. The van der Waals surface area contributed by atoms with E-state index in [0.29, 0.717) is 0 Å². The molecule has 1 fully saturated rings. The van der Waals surface area contributed by atoms with E-state index in [2.05, 4.69) is 24.8 Å². The molecule has 4 heteroatoms. The lowest BCUT2D eigenvalue weighted by atomic mass is 9.84. The standard InChI is InChI=1S/C15H25ClN2S/c1-3-15(2,18-9-5-4-6-10-18)13(17)11-12-7-8-14(16)19-12/h7-8,13H,3-6,9-11,17H2,1-2H3. The predicted octanol–water partition coefficient (Wildman–Crippen LogP) is 3.93. The molecule has 1 aliphatic heterocycles. The van der Waals surface area contributed by atoms with Crippen molar-refractivity contribution >= 4 is 22.9 Å². The first kappa shape index (κ1) is 15.3. The first-order valence-corrected chi connectivity index (χ1v) is 8.50. The Balaban J connectivity index is 2.06. The van der Waals surface area contributed by atoms with Gasteiger partial charge in [-0.15, -0.1) is 11.3 Å². The van der Waals surface area contributed by atoms with E-state index in [0.717, 1.165) is 17.2 Å². The molecule has 2 rings (SSSR count). The van der Waals surface area contributed by atoms with Crippen LogP contribution in [-0.2, 0) is 6.42 Å². The summed E-state index contributed by atoms with van der Waals surface area (Å²) in [7, 11) is 0. The monoisotopic (exact) mass is 300 g/mol. The zero-order valence-electron chi connectivity index (χ0n) is 12.0. The van der Waals surface area contributed by atoms with Crippen molar-refractivity contribution in [1.82, 2.24) is 4.90 Å². The Morgan fingerprint density at radius 2 is 2.05 bits per heavy atom. The van der Waals surface area contributed by atoms with Gasteiger partial charge in [-0.05, 0) is 57.8 Å².